The van der Waals surface area contributed by atoms with Gasteiger partial charge in [-0.1, -0.05) is 20.3 Å². The summed E-state index contributed by atoms with van der Waals surface area (Å²) in [6.07, 6.45) is 8.19. The molecule has 1 saturated carbocycles. The van der Waals surface area contributed by atoms with E-state index in [2.05, 4.69) is 6.26 Å². The van der Waals surface area contributed by atoms with Gasteiger partial charge in [-0.15, -0.1) is 0 Å². The summed E-state index contributed by atoms with van der Waals surface area (Å²) < 4.78 is 0. The van der Waals surface area contributed by atoms with E-state index in [4.69, 9.17) is 0 Å². The average Bonchev–Trinajstić information content (AvgIpc) is 2.19. The van der Waals surface area contributed by atoms with Crippen molar-refractivity contribution in [2.45, 2.75) is 33.1 Å². The summed E-state index contributed by atoms with van der Waals surface area (Å²) in [5, 5.41) is 0. The molecule has 0 nitrogen and oxygen atoms in total. The van der Waals surface area contributed by atoms with E-state index in [1.54, 1.807) is 0 Å². The predicted octanol–water partition coefficient (Wildman–Crippen LogP) is 3.42. The Hall–Kier alpha value is 0.350. The lowest BCUT2D eigenvalue weighted by atomic mass is 10.1. The van der Waals surface area contributed by atoms with E-state index in [0.29, 0.717) is 0 Å². The van der Waals surface area contributed by atoms with Crippen LogP contribution in [-0.2, 0) is 0 Å². The number of rotatable bonds is 2. The highest BCUT2D eigenvalue weighted by Crippen LogP contribution is 2.26. The van der Waals surface area contributed by atoms with Gasteiger partial charge >= 0.3 is 0 Å². The zero-order valence-electron chi connectivity index (χ0n) is 5.52. The largest absolute Gasteiger partial charge is 0.165 e. The second-order valence-corrected chi connectivity index (χ2v) is 3.52. The van der Waals surface area contributed by atoms with E-state index in [1.165, 1.54) is 31.4 Å². The molecule has 1 aliphatic carbocycles. The monoisotopic (exact) mass is 148 g/mol. The quantitative estimate of drug-likeness (QED) is 0.578. The number of hydrogen-bond donors (Lipinski definition) is 0. The summed E-state index contributed by atoms with van der Waals surface area (Å²) in [6, 6.07) is 0. The van der Waals surface area contributed by atoms with Crippen molar-refractivity contribution in [2.75, 3.05) is 12.0 Å². The molecule has 0 aromatic carbocycles. The molecule has 1 aliphatic rings. The van der Waals surface area contributed by atoms with Gasteiger partial charge < -0.3 is 0 Å². The van der Waals surface area contributed by atoms with Crippen LogP contribution in [-0.4, -0.2) is 12.0 Å². The summed E-state index contributed by atoms with van der Waals surface area (Å²) in [5.74, 6) is 2.48. The van der Waals surface area contributed by atoms with Gasteiger partial charge in [0, 0.05) is 1.43 Å². The van der Waals surface area contributed by atoms with Crippen LogP contribution in [0.1, 0.15) is 34.5 Å². The zero-order chi connectivity index (χ0) is 5.82. The molecule has 0 aliphatic heterocycles. The van der Waals surface area contributed by atoms with Gasteiger partial charge in [0.2, 0.25) is 0 Å². The van der Waals surface area contributed by atoms with E-state index >= 15 is 0 Å². The first-order valence-corrected chi connectivity index (χ1v) is 4.82. The van der Waals surface area contributed by atoms with Crippen molar-refractivity contribution >= 4 is 11.8 Å². The highest BCUT2D eigenvalue weighted by atomic mass is 32.2. The third kappa shape index (κ3) is 3.14. The molecule has 0 bridgehead atoms. The van der Waals surface area contributed by atoms with Crippen LogP contribution in [0.5, 0.6) is 0 Å². The topological polar surface area (TPSA) is 0 Å². The van der Waals surface area contributed by atoms with Crippen LogP contribution in [0.3, 0.4) is 0 Å². The van der Waals surface area contributed by atoms with E-state index < -0.39 is 0 Å². The normalized spacial score (nSPS) is 19.7. The third-order valence-electron chi connectivity index (χ3n) is 1.88. The Labute approximate surface area is 64.9 Å². The lowest BCUT2D eigenvalue weighted by molar-refractivity contribution is 0.624. The lowest BCUT2D eigenvalue weighted by Gasteiger charge is -2.03. The van der Waals surface area contributed by atoms with Crippen molar-refractivity contribution in [3.63, 3.8) is 0 Å². The fourth-order valence-corrected chi connectivity index (χ4v) is 2.22. The lowest BCUT2D eigenvalue weighted by Crippen LogP contribution is -1.94. The van der Waals surface area contributed by atoms with Crippen molar-refractivity contribution in [3.05, 3.63) is 0 Å². The number of thioether (sulfide) groups is 1. The molecule has 0 heterocycles. The molecule has 0 saturated heterocycles. The minimum atomic E-state index is 0. The molecule has 58 valence electrons. The van der Waals surface area contributed by atoms with E-state index in [-0.39, 0.29) is 8.85 Å². The summed E-state index contributed by atoms with van der Waals surface area (Å²) in [5.41, 5.74) is 0. The molecular formula is C8H20S. The summed E-state index contributed by atoms with van der Waals surface area (Å²) in [4.78, 5) is 0. The van der Waals surface area contributed by atoms with Crippen molar-refractivity contribution in [1.82, 2.24) is 0 Å². The molecule has 1 heteroatoms. The fourth-order valence-electron chi connectivity index (χ4n) is 1.41. The molecule has 1 rings (SSSR count). The maximum atomic E-state index is 2.21. The van der Waals surface area contributed by atoms with Crippen LogP contribution in [0.4, 0.5) is 0 Å². The van der Waals surface area contributed by atoms with Gasteiger partial charge in [0.15, 0.2) is 0 Å². The molecule has 0 aromatic heterocycles. The van der Waals surface area contributed by atoms with Gasteiger partial charge in [0.25, 0.3) is 0 Å². The summed E-state index contributed by atoms with van der Waals surface area (Å²) >= 11 is 2.00. The fraction of sp³-hybridized carbons (Fsp3) is 1.00. The minimum absolute atomic E-state index is 0. The molecule has 0 unspecified atom stereocenters. The summed E-state index contributed by atoms with van der Waals surface area (Å²) in [6.45, 7) is 0. The Bertz CT molecular complexity index is 60.3. The first-order chi connectivity index (χ1) is 3.93. The Morgan fingerprint density at radius 2 is 2.00 bits per heavy atom. The smallest absolute Gasteiger partial charge is 0 e. The van der Waals surface area contributed by atoms with E-state index in [1.807, 2.05) is 11.8 Å². The van der Waals surface area contributed by atoms with Crippen LogP contribution in [0.2, 0.25) is 0 Å². The molecule has 0 amide bonds. The van der Waals surface area contributed by atoms with Gasteiger partial charge in [-0.05, 0) is 30.8 Å². The Morgan fingerprint density at radius 3 is 2.44 bits per heavy atom. The third-order valence-corrected chi connectivity index (χ3v) is 2.68. The zero-order valence-corrected chi connectivity index (χ0v) is 6.34. The molecule has 9 heavy (non-hydrogen) atoms. The van der Waals surface area contributed by atoms with Crippen LogP contribution in [0.25, 0.3) is 0 Å². The van der Waals surface area contributed by atoms with Crippen LogP contribution in [0, 0.1) is 5.92 Å². The molecule has 0 radical (unpaired) electrons. The van der Waals surface area contributed by atoms with Gasteiger partial charge in [0.05, 0.1) is 0 Å². The first kappa shape index (κ1) is 9.35. The van der Waals surface area contributed by atoms with Crippen LogP contribution >= 0.6 is 11.8 Å². The SMILES string of the molecule is C.CSCC1CCCC1.[HH]. The maximum absolute atomic E-state index is 2.21. The number of hydrogen-bond acceptors (Lipinski definition) is 1. The van der Waals surface area contributed by atoms with Crippen LogP contribution < -0.4 is 0 Å². The standard InChI is InChI=1S/C7H14S.CH4.H2/c1-8-6-7-4-2-3-5-7;;/h7H,2-6H2,1H3;1H4;1H. The Morgan fingerprint density at radius 1 is 1.44 bits per heavy atom. The van der Waals surface area contributed by atoms with E-state index in [0.717, 1.165) is 5.92 Å². The van der Waals surface area contributed by atoms with Crippen molar-refractivity contribution in [1.29, 1.82) is 0 Å². The maximum Gasteiger partial charge on any atom is 0 e. The summed E-state index contributed by atoms with van der Waals surface area (Å²) in [7, 11) is 0. The van der Waals surface area contributed by atoms with Gasteiger partial charge in [-0.25, -0.2) is 0 Å². The first-order valence-electron chi connectivity index (χ1n) is 3.42. The predicted molar refractivity (Wildman–Crippen MR) is 49.2 cm³/mol. The molecule has 0 spiro atoms. The second-order valence-electron chi connectivity index (χ2n) is 2.61. The minimum Gasteiger partial charge on any atom is -0.165 e. The molecule has 1 fully saturated rings. The molecular weight excluding hydrogens is 128 g/mol. The molecule has 0 aromatic rings. The van der Waals surface area contributed by atoms with E-state index in [9.17, 15) is 0 Å². The Kier molecular flexibility index (Phi) is 5.36. The van der Waals surface area contributed by atoms with Gasteiger partial charge in [-0.3, -0.25) is 0 Å². The van der Waals surface area contributed by atoms with Crippen molar-refractivity contribution in [3.8, 4) is 0 Å². The second kappa shape index (κ2) is 5.16. The van der Waals surface area contributed by atoms with Crippen molar-refractivity contribution in [2.24, 2.45) is 5.92 Å². The highest BCUT2D eigenvalue weighted by Gasteiger charge is 2.12. The van der Waals surface area contributed by atoms with Gasteiger partial charge in [-0.2, -0.15) is 11.8 Å². The highest BCUT2D eigenvalue weighted by molar-refractivity contribution is 7.98. The molecule has 0 atom stereocenters. The average molecular weight is 148 g/mol. The van der Waals surface area contributed by atoms with Crippen molar-refractivity contribution < 1.29 is 1.43 Å². The Balaban J connectivity index is 0. The van der Waals surface area contributed by atoms with Crippen LogP contribution in [0.15, 0.2) is 0 Å². The van der Waals surface area contributed by atoms with Gasteiger partial charge in [0.1, 0.15) is 0 Å². The molecule has 0 N–H and O–H groups in total.